The molecule has 1 aliphatic carbocycles. The Hall–Kier alpha value is -1.85. The van der Waals surface area contributed by atoms with Crippen molar-refractivity contribution in [2.75, 3.05) is 24.3 Å². The summed E-state index contributed by atoms with van der Waals surface area (Å²) in [5, 5.41) is 10.9. The number of rotatable bonds is 4. The Bertz CT molecular complexity index is 559. The first-order valence-electron chi connectivity index (χ1n) is 6.32. The average Bonchev–Trinajstić information content (AvgIpc) is 3.13. The van der Waals surface area contributed by atoms with Gasteiger partial charge in [-0.15, -0.1) is 0 Å². The van der Waals surface area contributed by atoms with Crippen LogP contribution in [0.5, 0.6) is 0 Å². The molecule has 0 amide bonds. The molecule has 3 rings (SSSR count). The number of anilines is 2. The quantitative estimate of drug-likeness (QED) is 0.858. The summed E-state index contributed by atoms with van der Waals surface area (Å²) in [6.07, 6.45) is 4.44. The maximum Gasteiger partial charge on any atom is 0.226 e. The van der Waals surface area contributed by atoms with Gasteiger partial charge in [-0.05, 0) is 25.7 Å². The fourth-order valence-corrected chi connectivity index (χ4v) is 2.29. The highest BCUT2D eigenvalue weighted by Gasteiger charge is 2.32. The van der Waals surface area contributed by atoms with Crippen molar-refractivity contribution >= 4 is 22.8 Å². The van der Waals surface area contributed by atoms with E-state index in [1.165, 1.54) is 12.8 Å². The molecule has 2 aromatic rings. The Kier molecular flexibility index (Phi) is 2.57. The molecule has 0 aliphatic heterocycles. The first kappa shape index (κ1) is 11.3. The highest BCUT2D eigenvalue weighted by Crippen LogP contribution is 2.37. The predicted octanol–water partition coefficient (Wildman–Crippen LogP) is 1.63. The molecule has 18 heavy (non-hydrogen) atoms. The Morgan fingerprint density at radius 1 is 1.44 bits per heavy atom. The first-order valence-corrected chi connectivity index (χ1v) is 6.32. The largest absolute Gasteiger partial charge is 0.357 e. The average molecular weight is 246 g/mol. The molecule has 1 unspecified atom stereocenters. The number of hydrogen-bond acceptors (Lipinski definition) is 5. The Labute approximate surface area is 106 Å². The lowest BCUT2D eigenvalue weighted by atomic mass is 10.2. The van der Waals surface area contributed by atoms with Crippen LogP contribution in [-0.4, -0.2) is 40.3 Å². The Balaban J connectivity index is 2.05. The molecule has 96 valence electrons. The maximum absolute atomic E-state index is 4.57. The SMILES string of the molecule is CNc1nc(N(C)C(C)C2CC2)c2cn[nH]c2n1. The van der Waals surface area contributed by atoms with Gasteiger partial charge >= 0.3 is 0 Å². The minimum Gasteiger partial charge on any atom is -0.357 e. The van der Waals surface area contributed by atoms with Gasteiger partial charge in [0.15, 0.2) is 5.65 Å². The van der Waals surface area contributed by atoms with Crippen molar-refractivity contribution < 1.29 is 0 Å². The molecule has 0 saturated heterocycles. The van der Waals surface area contributed by atoms with Gasteiger partial charge in [-0.3, -0.25) is 5.10 Å². The molecule has 1 atom stereocenters. The van der Waals surface area contributed by atoms with Crippen molar-refractivity contribution in [2.24, 2.45) is 5.92 Å². The standard InChI is InChI=1S/C12H18N6/c1-7(8-4-5-8)18(3)11-9-6-14-17-10(9)15-12(13-2)16-11/h6-8H,4-5H2,1-3H3,(H2,13,14,15,16,17). The molecule has 0 bridgehead atoms. The maximum atomic E-state index is 4.57. The second kappa shape index (κ2) is 4.12. The summed E-state index contributed by atoms with van der Waals surface area (Å²) in [5.41, 5.74) is 0.777. The fraction of sp³-hybridized carbons (Fsp3) is 0.583. The van der Waals surface area contributed by atoms with Crippen molar-refractivity contribution in [3.05, 3.63) is 6.20 Å². The van der Waals surface area contributed by atoms with Crippen molar-refractivity contribution in [3.63, 3.8) is 0 Å². The molecule has 0 aromatic carbocycles. The summed E-state index contributed by atoms with van der Waals surface area (Å²) in [6.45, 7) is 2.25. The topological polar surface area (TPSA) is 69.7 Å². The van der Waals surface area contributed by atoms with Crippen LogP contribution >= 0.6 is 0 Å². The third-order valence-corrected chi connectivity index (χ3v) is 3.76. The number of hydrogen-bond donors (Lipinski definition) is 2. The molecule has 1 aliphatic rings. The van der Waals surface area contributed by atoms with Crippen LogP contribution in [0.1, 0.15) is 19.8 Å². The van der Waals surface area contributed by atoms with Crippen LogP contribution in [0.3, 0.4) is 0 Å². The number of aromatic nitrogens is 4. The van der Waals surface area contributed by atoms with Crippen molar-refractivity contribution in [1.29, 1.82) is 0 Å². The molecule has 2 aromatic heterocycles. The molecular formula is C12H18N6. The van der Waals surface area contributed by atoms with Gasteiger partial charge in [0, 0.05) is 20.1 Å². The van der Waals surface area contributed by atoms with Crippen LogP contribution in [-0.2, 0) is 0 Å². The lowest BCUT2D eigenvalue weighted by Crippen LogP contribution is -2.31. The van der Waals surface area contributed by atoms with E-state index in [-0.39, 0.29) is 0 Å². The lowest BCUT2D eigenvalue weighted by Gasteiger charge is -2.26. The van der Waals surface area contributed by atoms with Crippen LogP contribution in [0.2, 0.25) is 0 Å². The van der Waals surface area contributed by atoms with Gasteiger partial charge in [-0.2, -0.15) is 15.1 Å². The van der Waals surface area contributed by atoms with Gasteiger partial charge in [0.05, 0.1) is 11.6 Å². The first-order chi connectivity index (χ1) is 8.70. The van der Waals surface area contributed by atoms with E-state index in [9.17, 15) is 0 Å². The van der Waals surface area contributed by atoms with Gasteiger partial charge in [-0.25, -0.2) is 0 Å². The smallest absolute Gasteiger partial charge is 0.226 e. The van der Waals surface area contributed by atoms with Gasteiger partial charge < -0.3 is 10.2 Å². The summed E-state index contributed by atoms with van der Waals surface area (Å²) in [6, 6.07) is 0.503. The molecule has 0 spiro atoms. The van der Waals surface area contributed by atoms with Crippen LogP contribution in [0.25, 0.3) is 11.0 Å². The van der Waals surface area contributed by atoms with E-state index in [0.717, 1.165) is 22.8 Å². The number of nitrogens with one attached hydrogen (secondary N) is 2. The van der Waals surface area contributed by atoms with Crippen molar-refractivity contribution in [1.82, 2.24) is 20.2 Å². The molecular weight excluding hydrogens is 228 g/mol. The van der Waals surface area contributed by atoms with Gasteiger partial charge in [0.25, 0.3) is 0 Å². The molecule has 6 nitrogen and oxygen atoms in total. The van der Waals surface area contributed by atoms with Gasteiger partial charge in [0.1, 0.15) is 5.82 Å². The predicted molar refractivity (Wildman–Crippen MR) is 71.8 cm³/mol. The minimum absolute atomic E-state index is 0.503. The molecule has 0 radical (unpaired) electrons. The summed E-state index contributed by atoms with van der Waals surface area (Å²) in [7, 11) is 3.92. The number of fused-ring (bicyclic) bond motifs is 1. The second-order valence-electron chi connectivity index (χ2n) is 4.94. The molecule has 1 fully saturated rings. The van der Waals surface area contributed by atoms with Crippen molar-refractivity contribution in [2.45, 2.75) is 25.8 Å². The third kappa shape index (κ3) is 1.77. The van der Waals surface area contributed by atoms with Crippen molar-refractivity contribution in [3.8, 4) is 0 Å². The number of aromatic amines is 1. The normalized spacial score (nSPS) is 16.8. The highest BCUT2D eigenvalue weighted by atomic mass is 15.3. The summed E-state index contributed by atoms with van der Waals surface area (Å²) >= 11 is 0. The van der Waals surface area contributed by atoms with Crippen LogP contribution in [0.15, 0.2) is 6.20 Å². The fourth-order valence-electron chi connectivity index (χ4n) is 2.29. The van der Waals surface area contributed by atoms with E-state index in [1.807, 2.05) is 7.05 Å². The third-order valence-electron chi connectivity index (χ3n) is 3.76. The molecule has 2 heterocycles. The summed E-state index contributed by atoms with van der Waals surface area (Å²) in [5.74, 6) is 2.36. The van der Waals surface area contributed by atoms with Gasteiger partial charge in [0.2, 0.25) is 5.95 Å². The minimum atomic E-state index is 0.503. The van der Waals surface area contributed by atoms with Gasteiger partial charge in [-0.1, -0.05) is 0 Å². The molecule has 2 N–H and O–H groups in total. The second-order valence-corrected chi connectivity index (χ2v) is 4.94. The monoisotopic (exact) mass is 246 g/mol. The Morgan fingerprint density at radius 2 is 2.22 bits per heavy atom. The highest BCUT2D eigenvalue weighted by molar-refractivity contribution is 5.87. The zero-order valence-corrected chi connectivity index (χ0v) is 10.9. The van der Waals surface area contributed by atoms with E-state index < -0.39 is 0 Å². The van der Waals surface area contributed by atoms with Crippen LogP contribution in [0, 0.1) is 5.92 Å². The zero-order chi connectivity index (χ0) is 12.7. The zero-order valence-electron chi connectivity index (χ0n) is 10.9. The van der Waals surface area contributed by atoms with E-state index in [1.54, 1.807) is 6.20 Å². The number of H-pyrrole nitrogens is 1. The summed E-state index contributed by atoms with van der Waals surface area (Å²) in [4.78, 5) is 11.2. The van der Waals surface area contributed by atoms with E-state index in [0.29, 0.717) is 12.0 Å². The van der Waals surface area contributed by atoms with E-state index >= 15 is 0 Å². The molecule has 6 heteroatoms. The van der Waals surface area contributed by atoms with Crippen LogP contribution < -0.4 is 10.2 Å². The number of nitrogens with zero attached hydrogens (tertiary/aromatic N) is 4. The van der Waals surface area contributed by atoms with E-state index in [4.69, 9.17) is 0 Å². The lowest BCUT2D eigenvalue weighted by molar-refractivity contribution is 0.605. The van der Waals surface area contributed by atoms with Crippen LogP contribution in [0.4, 0.5) is 11.8 Å². The summed E-state index contributed by atoms with van der Waals surface area (Å²) < 4.78 is 0. The molecule has 1 saturated carbocycles. The Morgan fingerprint density at radius 3 is 2.89 bits per heavy atom. The van der Waals surface area contributed by atoms with E-state index in [2.05, 4.69) is 44.4 Å².